The maximum atomic E-state index is 13.9. The number of hydrogen-bond acceptors (Lipinski definition) is 3. The number of alkyl halides is 1. The largest absolute Gasteiger partial charge is 0.385 e. The molecule has 1 heterocycles. The third-order valence-corrected chi connectivity index (χ3v) is 8.05. The van der Waals surface area contributed by atoms with Gasteiger partial charge in [0.05, 0.1) is 0 Å². The smallest absolute Gasteiger partial charge is 0.146 e. The Labute approximate surface area is 173 Å². The molecule has 0 saturated carbocycles. The van der Waals surface area contributed by atoms with Gasteiger partial charge < -0.3 is 5.32 Å². The van der Waals surface area contributed by atoms with Crippen molar-refractivity contribution < 1.29 is 4.39 Å². The van der Waals surface area contributed by atoms with Crippen LogP contribution in [0.5, 0.6) is 0 Å². The molecule has 0 saturated heterocycles. The summed E-state index contributed by atoms with van der Waals surface area (Å²) in [4.78, 5) is 0. The van der Waals surface area contributed by atoms with E-state index < -0.39 is 16.2 Å². The Kier molecular flexibility index (Phi) is 10.2. The van der Waals surface area contributed by atoms with E-state index in [1.165, 1.54) is 24.8 Å². The van der Waals surface area contributed by atoms with E-state index in [0.717, 1.165) is 35.7 Å². The van der Waals surface area contributed by atoms with Crippen molar-refractivity contribution in [3.63, 3.8) is 0 Å². The van der Waals surface area contributed by atoms with E-state index in [4.69, 9.17) is 0 Å². The molecule has 3 nitrogen and oxygen atoms in total. The molecule has 0 fully saturated rings. The summed E-state index contributed by atoms with van der Waals surface area (Å²) in [5, 5.41) is 13.5. The van der Waals surface area contributed by atoms with E-state index >= 15 is 0 Å². The summed E-state index contributed by atoms with van der Waals surface area (Å²) >= 11 is 0. The Morgan fingerprint density at radius 3 is 2.36 bits per heavy atom. The highest BCUT2D eigenvalue weighted by atomic mass is 32.3. The average molecular weight is 410 g/mol. The molecule has 2 atom stereocenters. The van der Waals surface area contributed by atoms with E-state index in [1.807, 2.05) is 6.92 Å². The monoisotopic (exact) mass is 409 g/mol. The Morgan fingerprint density at radius 1 is 1.18 bits per heavy atom. The van der Waals surface area contributed by atoms with Gasteiger partial charge in [0.25, 0.3) is 0 Å². The average Bonchev–Trinajstić information content (AvgIpc) is 2.97. The van der Waals surface area contributed by atoms with Crippen LogP contribution in [0, 0.1) is 5.92 Å². The second-order valence-corrected chi connectivity index (χ2v) is 11.4. The molecule has 0 amide bonds. The van der Waals surface area contributed by atoms with Crippen molar-refractivity contribution in [1.82, 2.24) is 5.32 Å². The van der Waals surface area contributed by atoms with E-state index in [1.54, 1.807) is 6.92 Å². The summed E-state index contributed by atoms with van der Waals surface area (Å²) in [7, 11) is -1.46. The van der Waals surface area contributed by atoms with Crippen molar-refractivity contribution >= 4 is 20.1 Å². The fraction of sp³-hybridized carbons (Fsp3) is 0.652. The minimum atomic E-state index is -1.46. The number of hydrogen-bond donors (Lipinski definition) is 1. The van der Waals surface area contributed by atoms with Crippen LogP contribution in [0.3, 0.4) is 0 Å². The van der Waals surface area contributed by atoms with Gasteiger partial charge in [0.2, 0.25) is 0 Å². The van der Waals surface area contributed by atoms with Crippen LogP contribution in [0.15, 0.2) is 45.8 Å². The molecule has 0 radical (unpaired) electrons. The molecule has 0 aromatic carbocycles. The lowest BCUT2D eigenvalue weighted by molar-refractivity contribution is 0.458. The molecule has 0 aliphatic carbocycles. The van der Waals surface area contributed by atoms with Crippen LogP contribution in [0.1, 0.15) is 66.7 Å². The van der Waals surface area contributed by atoms with Crippen LogP contribution in [-0.2, 0) is 0 Å². The van der Waals surface area contributed by atoms with Crippen molar-refractivity contribution in [3.8, 4) is 0 Å². The molecule has 0 spiro atoms. The van der Waals surface area contributed by atoms with Gasteiger partial charge >= 0.3 is 0 Å². The molecule has 1 N–H and O–H groups in total. The molecule has 0 aromatic heterocycles. The van der Waals surface area contributed by atoms with Gasteiger partial charge in [-0.3, -0.25) is 0 Å². The summed E-state index contributed by atoms with van der Waals surface area (Å²) in [5.74, 6) is 0.498. The third kappa shape index (κ3) is 6.33. The number of halogens is 1. The van der Waals surface area contributed by atoms with Crippen LogP contribution in [-0.4, -0.2) is 35.3 Å². The minimum absolute atomic E-state index is 0.498. The first kappa shape index (κ1) is 24.7. The molecular formula is C23H40FN3S. The molecular weight excluding hydrogens is 369 g/mol. The third-order valence-electron chi connectivity index (χ3n) is 5.23. The van der Waals surface area contributed by atoms with Crippen LogP contribution in [0.4, 0.5) is 4.39 Å². The molecule has 1 rings (SSSR count). The van der Waals surface area contributed by atoms with Crippen LogP contribution in [0.25, 0.3) is 0 Å². The van der Waals surface area contributed by atoms with Gasteiger partial charge in [-0.1, -0.05) is 46.3 Å². The predicted molar refractivity (Wildman–Crippen MR) is 127 cm³/mol. The second-order valence-electron chi connectivity index (χ2n) is 7.92. The van der Waals surface area contributed by atoms with Gasteiger partial charge in [-0.15, -0.1) is 10.2 Å². The molecule has 1 aliphatic rings. The lowest BCUT2D eigenvalue weighted by Gasteiger charge is -2.29. The van der Waals surface area contributed by atoms with Gasteiger partial charge in [-0.25, -0.2) is 4.39 Å². The SMILES string of the molecule is C=C(/C(=C\C=C(/C)C1=NN=C(C(C)F)S1(C)C)NCCC)C(CC)CCCC. The number of rotatable bonds is 12. The summed E-state index contributed by atoms with van der Waals surface area (Å²) in [6, 6.07) is 0. The maximum absolute atomic E-state index is 13.9. The zero-order valence-corrected chi connectivity index (χ0v) is 19.8. The fourth-order valence-corrected chi connectivity index (χ4v) is 5.85. The van der Waals surface area contributed by atoms with E-state index in [9.17, 15) is 4.39 Å². The highest BCUT2D eigenvalue weighted by Crippen LogP contribution is 2.50. The molecule has 0 aromatic rings. The van der Waals surface area contributed by atoms with Crippen molar-refractivity contribution in [2.24, 2.45) is 16.1 Å². The Morgan fingerprint density at radius 2 is 1.86 bits per heavy atom. The summed E-state index contributed by atoms with van der Waals surface area (Å²) in [5.41, 5.74) is 3.34. The van der Waals surface area contributed by atoms with Crippen LogP contribution < -0.4 is 5.32 Å². The second kappa shape index (κ2) is 11.6. The first-order valence-electron chi connectivity index (χ1n) is 10.6. The molecule has 160 valence electrons. The summed E-state index contributed by atoms with van der Waals surface area (Å²) in [6.45, 7) is 15.6. The van der Waals surface area contributed by atoms with Crippen LogP contribution >= 0.6 is 10.0 Å². The van der Waals surface area contributed by atoms with E-state index in [0.29, 0.717) is 11.0 Å². The first-order valence-corrected chi connectivity index (χ1v) is 13.0. The summed E-state index contributed by atoms with van der Waals surface area (Å²) in [6.07, 6.45) is 13.1. The van der Waals surface area contributed by atoms with Gasteiger partial charge in [-0.05, 0) is 68.8 Å². The van der Waals surface area contributed by atoms with Crippen LogP contribution in [0.2, 0.25) is 0 Å². The van der Waals surface area contributed by atoms with Gasteiger partial charge in [0.1, 0.15) is 16.3 Å². The highest BCUT2D eigenvalue weighted by molar-refractivity contribution is 8.55. The van der Waals surface area contributed by atoms with Gasteiger partial charge in [0.15, 0.2) is 0 Å². The topological polar surface area (TPSA) is 36.8 Å². The fourth-order valence-electron chi connectivity index (χ4n) is 3.48. The lowest BCUT2D eigenvalue weighted by Crippen LogP contribution is -2.22. The van der Waals surface area contributed by atoms with Gasteiger partial charge in [0, 0.05) is 12.2 Å². The van der Waals surface area contributed by atoms with Gasteiger partial charge in [-0.2, -0.15) is 10.0 Å². The summed E-state index contributed by atoms with van der Waals surface area (Å²) < 4.78 is 13.9. The predicted octanol–water partition coefficient (Wildman–Crippen LogP) is 6.74. The standard InChI is InChI=1S/C23H40FN3S/c1-9-12-13-20(11-3)18(5)21(25-16-10-2)15-14-17(4)22-26-27-23(19(6)24)28(22,7)8/h14-15,19-20,25H,5,9-13,16H2,1-4,6-8H3/b17-14+,21-15+. The van der Waals surface area contributed by atoms with Crippen molar-refractivity contribution in [1.29, 1.82) is 0 Å². The van der Waals surface area contributed by atoms with Crippen molar-refractivity contribution in [2.75, 3.05) is 19.1 Å². The van der Waals surface area contributed by atoms with E-state index in [2.05, 4.69) is 67.5 Å². The normalized spacial score (nSPS) is 20.3. The number of nitrogens with one attached hydrogen (secondary N) is 1. The number of unbranched alkanes of at least 4 members (excludes halogenated alkanes) is 1. The molecule has 1 aliphatic heterocycles. The number of nitrogens with zero attached hydrogens (tertiary/aromatic N) is 2. The minimum Gasteiger partial charge on any atom is -0.385 e. The Balaban J connectivity index is 3.07. The van der Waals surface area contributed by atoms with Crippen molar-refractivity contribution in [3.05, 3.63) is 35.6 Å². The highest BCUT2D eigenvalue weighted by Gasteiger charge is 2.34. The zero-order valence-electron chi connectivity index (χ0n) is 18.9. The van der Waals surface area contributed by atoms with Crippen molar-refractivity contribution in [2.45, 2.75) is 72.9 Å². The molecule has 0 bridgehead atoms. The number of allylic oxidation sites excluding steroid dienone is 3. The molecule has 28 heavy (non-hydrogen) atoms. The Bertz CT molecular complexity index is 657. The quantitative estimate of drug-likeness (QED) is 0.356. The lowest BCUT2D eigenvalue weighted by atomic mass is 9.89. The molecule has 5 heteroatoms. The molecule has 2 unspecified atom stereocenters. The zero-order chi connectivity index (χ0) is 21.3. The van der Waals surface area contributed by atoms with E-state index in [-0.39, 0.29) is 0 Å². The Hall–Kier alpha value is -1.36. The first-order chi connectivity index (χ1) is 13.2. The maximum Gasteiger partial charge on any atom is 0.146 e.